The Hall–Kier alpha value is -1.62. The molecule has 0 spiro atoms. The average molecular weight is 503 g/mol. The molecule has 2 aliphatic heterocycles. The van der Waals surface area contributed by atoms with E-state index >= 15 is 0 Å². The summed E-state index contributed by atoms with van der Waals surface area (Å²) < 4.78 is 12.7. The minimum absolute atomic E-state index is 0. The summed E-state index contributed by atoms with van der Waals surface area (Å²) in [7, 11) is 4.25. The van der Waals surface area contributed by atoms with Crippen LogP contribution < -0.4 is 19.3 Å². The number of anilines is 1. The minimum atomic E-state index is -0.0536. The molecule has 0 saturated heterocycles. The van der Waals surface area contributed by atoms with Gasteiger partial charge in [-0.25, -0.2) is 6.08 Å². The summed E-state index contributed by atoms with van der Waals surface area (Å²) in [5.74, 6) is 2.99. The fourth-order valence-electron chi connectivity index (χ4n) is 5.55. The van der Waals surface area contributed by atoms with Crippen molar-refractivity contribution in [1.29, 1.82) is 0 Å². The smallest absolute Gasteiger partial charge is 0.239 e. The third-order valence-electron chi connectivity index (χ3n) is 7.39. The van der Waals surface area contributed by atoms with Crippen LogP contribution in [-0.4, -0.2) is 20.3 Å². The molecule has 0 fully saturated rings. The molecule has 6 rings (SSSR count). The molecule has 1 N–H and O–H groups in total. The van der Waals surface area contributed by atoms with Crippen LogP contribution in [0.4, 0.5) is 11.4 Å². The number of nitrogens with one attached hydrogen (secondary N) is 1. The molecule has 32 heavy (non-hydrogen) atoms. The maximum atomic E-state index is 6.41. The molecule has 1 radical (unpaired) electrons. The number of benzene rings is 2. The van der Waals surface area contributed by atoms with Crippen molar-refractivity contribution >= 4 is 11.4 Å². The van der Waals surface area contributed by atoms with Crippen molar-refractivity contribution < 1.29 is 47.1 Å². The van der Waals surface area contributed by atoms with E-state index in [9.17, 15) is 0 Å². The second-order valence-corrected chi connectivity index (χ2v) is 9.24. The number of hydrogen-bond acceptors (Lipinski definition) is 3. The molecule has 4 aliphatic rings. The van der Waals surface area contributed by atoms with Gasteiger partial charge in [0.15, 0.2) is 11.4 Å². The normalized spacial score (nSPS) is 24.3. The molecule has 2 aliphatic carbocycles. The van der Waals surface area contributed by atoms with Gasteiger partial charge in [0.1, 0.15) is 5.75 Å². The van der Waals surface area contributed by atoms with Gasteiger partial charge in [0.2, 0.25) is 6.23 Å². The Labute approximate surface area is 216 Å². The summed E-state index contributed by atoms with van der Waals surface area (Å²) in [6.45, 7) is 0. The zero-order valence-corrected chi connectivity index (χ0v) is 21.9. The Balaban J connectivity index is 0.00000216. The molecule has 2 aromatic carbocycles. The molecule has 163 valence electrons. The number of nitrogens with zero attached hydrogens (tertiary/aromatic N) is 1. The first-order chi connectivity index (χ1) is 15.2. The summed E-state index contributed by atoms with van der Waals surface area (Å²) in [4.78, 5) is 3.40. The van der Waals surface area contributed by atoms with Crippen LogP contribution in [0.15, 0.2) is 42.3 Å². The SMILES string of the molecule is CN1/C(=C/[C-]=CC2Oc3c(ccc4c3CCCC4)[NH+]2C)Oc2c1ccc1c2CCCC1.[Y]. The molecule has 0 amide bonds. The van der Waals surface area contributed by atoms with E-state index in [0.29, 0.717) is 0 Å². The van der Waals surface area contributed by atoms with Crippen LogP contribution in [0.25, 0.3) is 0 Å². The van der Waals surface area contributed by atoms with Crippen LogP contribution in [0.1, 0.15) is 47.9 Å². The maximum absolute atomic E-state index is 6.41. The van der Waals surface area contributed by atoms with Crippen LogP contribution in [0.3, 0.4) is 0 Å². The van der Waals surface area contributed by atoms with E-state index in [-0.39, 0.29) is 38.9 Å². The summed E-state index contributed by atoms with van der Waals surface area (Å²) in [5, 5.41) is 0. The first-order valence-corrected chi connectivity index (χ1v) is 11.7. The first kappa shape index (κ1) is 22.2. The van der Waals surface area contributed by atoms with Gasteiger partial charge in [0.25, 0.3) is 0 Å². The van der Waals surface area contributed by atoms with Gasteiger partial charge >= 0.3 is 0 Å². The first-order valence-electron chi connectivity index (χ1n) is 11.7. The maximum Gasteiger partial charge on any atom is 0.239 e. The van der Waals surface area contributed by atoms with Crippen LogP contribution in [-0.2, 0) is 58.4 Å². The summed E-state index contributed by atoms with van der Waals surface area (Å²) in [6, 6.07) is 9.02. The fourth-order valence-corrected chi connectivity index (χ4v) is 5.55. The Bertz CT molecular complexity index is 1110. The van der Waals surface area contributed by atoms with E-state index < -0.39 is 0 Å². The van der Waals surface area contributed by atoms with Gasteiger partial charge in [-0.05, 0) is 81.2 Å². The van der Waals surface area contributed by atoms with Gasteiger partial charge in [-0.1, -0.05) is 18.2 Å². The van der Waals surface area contributed by atoms with E-state index in [1.165, 1.54) is 71.4 Å². The van der Waals surface area contributed by atoms with Gasteiger partial charge in [0, 0.05) is 50.2 Å². The second-order valence-electron chi connectivity index (χ2n) is 9.24. The topological polar surface area (TPSA) is 26.1 Å². The summed E-state index contributed by atoms with van der Waals surface area (Å²) in [5.41, 5.74) is 8.17. The number of fused-ring (bicyclic) bond motifs is 6. The Morgan fingerprint density at radius 3 is 2.34 bits per heavy atom. The molecule has 0 aromatic heterocycles. The molecule has 2 unspecified atom stereocenters. The molecular weight excluding hydrogens is 473 g/mol. The standard InChI is InChI=1S/C27H29N2O2.Y/c1-28-22-16-14-18-8-3-5-10-20(18)26(22)30-24(28)12-7-13-25-29(2)23-17-15-19-9-4-6-11-21(19)27(23)31-25;/h12-17,24H,3-6,8-11H2,1-2H3;/q-1;/p+1/b25-13-;. The van der Waals surface area contributed by atoms with Crippen molar-refractivity contribution in [3.8, 4) is 11.5 Å². The van der Waals surface area contributed by atoms with Gasteiger partial charge < -0.3 is 14.4 Å². The Kier molecular flexibility index (Phi) is 6.22. The zero-order valence-electron chi connectivity index (χ0n) is 19.0. The number of hydrogen-bond donors (Lipinski definition) is 1. The van der Waals surface area contributed by atoms with Crippen LogP contribution >= 0.6 is 0 Å². The number of ether oxygens (including phenoxy) is 2. The number of aryl methyl sites for hydroxylation is 2. The van der Waals surface area contributed by atoms with Gasteiger partial charge in [-0.15, -0.1) is 0 Å². The molecule has 0 bridgehead atoms. The fraction of sp³-hybridized carbons (Fsp3) is 0.407. The van der Waals surface area contributed by atoms with E-state index in [1.54, 1.807) is 0 Å². The number of allylic oxidation sites excluding steroid dienone is 2. The van der Waals surface area contributed by atoms with Crippen molar-refractivity contribution in [2.45, 2.75) is 57.6 Å². The third-order valence-corrected chi connectivity index (χ3v) is 7.39. The van der Waals surface area contributed by atoms with Crippen LogP contribution in [0, 0.1) is 6.08 Å². The van der Waals surface area contributed by atoms with Crippen molar-refractivity contribution in [3.63, 3.8) is 0 Å². The average Bonchev–Trinajstić information content (AvgIpc) is 3.31. The summed E-state index contributed by atoms with van der Waals surface area (Å²) >= 11 is 0. The molecule has 0 saturated carbocycles. The zero-order chi connectivity index (χ0) is 20.9. The Morgan fingerprint density at radius 2 is 1.59 bits per heavy atom. The molecule has 2 aromatic rings. The van der Waals surface area contributed by atoms with Crippen molar-refractivity contribution in [2.75, 3.05) is 19.0 Å². The number of likely N-dealkylation sites (N-methyl/N-ethyl adjacent to an activating group) is 1. The summed E-state index contributed by atoms with van der Waals surface area (Å²) in [6.07, 6.45) is 17.0. The molecule has 5 heteroatoms. The van der Waals surface area contributed by atoms with E-state index in [4.69, 9.17) is 9.47 Å². The molecular formula is C27H30N2O2Y. The molecule has 2 heterocycles. The minimum Gasteiger partial charge on any atom is -0.527 e. The van der Waals surface area contributed by atoms with E-state index in [2.05, 4.69) is 49.3 Å². The predicted octanol–water partition coefficient (Wildman–Crippen LogP) is 4.04. The number of rotatable bonds is 2. The van der Waals surface area contributed by atoms with Crippen molar-refractivity contribution in [1.82, 2.24) is 0 Å². The Morgan fingerprint density at radius 1 is 0.938 bits per heavy atom. The van der Waals surface area contributed by atoms with Crippen molar-refractivity contribution in [2.24, 2.45) is 0 Å². The monoisotopic (exact) mass is 503 g/mol. The molecule has 2 atom stereocenters. The van der Waals surface area contributed by atoms with Crippen LogP contribution in [0.5, 0.6) is 11.5 Å². The second kappa shape index (κ2) is 8.97. The van der Waals surface area contributed by atoms with Gasteiger partial charge in [-0.2, -0.15) is 6.08 Å². The predicted molar refractivity (Wildman–Crippen MR) is 122 cm³/mol. The van der Waals surface area contributed by atoms with Gasteiger partial charge in [-0.3, -0.25) is 4.90 Å². The number of quaternary nitrogens is 1. The van der Waals surface area contributed by atoms with E-state index in [1.807, 2.05) is 12.2 Å². The van der Waals surface area contributed by atoms with E-state index in [0.717, 1.165) is 35.9 Å². The third kappa shape index (κ3) is 3.65. The molecule has 4 nitrogen and oxygen atoms in total. The van der Waals surface area contributed by atoms with Crippen molar-refractivity contribution in [3.05, 3.63) is 70.6 Å². The van der Waals surface area contributed by atoms with Crippen LogP contribution in [0.2, 0.25) is 0 Å². The quantitative estimate of drug-likeness (QED) is 0.627. The largest absolute Gasteiger partial charge is 0.527 e. The van der Waals surface area contributed by atoms with Gasteiger partial charge in [0.05, 0.1) is 12.7 Å².